The van der Waals surface area contributed by atoms with Crippen molar-refractivity contribution in [3.8, 4) is 11.5 Å². The quantitative estimate of drug-likeness (QED) is 0.104. The van der Waals surface area contributed by atoms with Gasteiger partial charge in [-0.15, -0.1) is 0 Å². The van der Waals surface area contributed by atoms with E-state index in [1.807, 2.05) is 0 Å². The lowest BCUT2D eigenvalue weighted by Gasteiger charge is -2.24. The first kappa shape index (κ1) is 36.2. The maximum atomic E-state index is 11.2. The van der Waals surface area contributed by atoms with Crippen LogP contribution in [0.5, 0.6) is 11.5 Å². The molecule has 260 valence electrons. The maximum absolute atomic E-state index is 11.2. The van der Waals surface area contributed by atoms with Gasteiger partial charge in [0, 0.05) is 60.3 Å². The second-order valence-corrected chi connectivity index (χ2v) is 14.4. The second kappa shape index (κ2) is 15.2. The van der Waals surface area contributed by atoms with Crippen LogP contribution in [0.4, 0.5) is 0 Å². The molecule has 0 fully saturated rings. The largest absolute Gasteiger partial charge is 0.508 e. The van der Waals surface area contributed by atoms with Gasteiger partial charge in [0.05, 0.1) is 0 Å². The summed E-state index contributed by atoms with van der Waals surface area (Å²) in [6, 6.07) is 33.1. The predicted octanol–water partition coefficient (Wildman–Crippen LogP) is 6.33. The Morgan fingerprint density at radius 2 is 1.26 bits per heavy atom. The third-order valence-corrected chi connectivity index (χ3v) is 9.86. The van der Waals surface area contributed by atoms with Crippen LogP contribution in [0.25, 0.3) is 21.7 Å². The summed E-state index contributed by atoms with van der Waals surface area (Å²) in [7, 11) is -6.72. The topological polar surface area (TPSA) is 163 Å². The molecule has 1 aliphatic heterocycles. The van der Waals surface area contributed by atoms with Crippen molar-refractivity contribution in [3.05, 3.63) is 132 Å². The zero-order valence-electron chi connectivity index (χ0n) is 27.3. The Hall–Kier alpha value is -5.05. The van der Waals surface area contributed by atoms with Gasteiger partial charge in [0.15, 0.2) is 0 Å². The summed E-state index contributed by atoms with van der Waals surface area (Å²) in [6.07, 6.45) is 1.15. The van der Waals surface area contributed by atoms with E-state index in [2.05, 4.69) is 71.1 Å². The lowest BCUT2D eigenvalue weighted by molar-refractivity contribution is -0.131. The van der Waals surface area contributed by atoms with Crippen LogP contribution in [-0.4, -0.2) is 60.1 Å². The highest BCUT2D eigenvalue weighted by molar-refractivity contribution is 7.86. The number of esters is 1. The van der Waals surface area contributed by atoms with Crippen LogP contribution in [0.1, 0.15) is 23.7 Å². The second-order valence-electron chi connectivity index (χ2n) is 11.6. The molecule has 6 aromatic rings. The van der Waals surface area contributed by atoms with E-state index < -0.39 is 30.0 Å². The third kappa shape index (κ3) is 8.75. The fourth-order valence-corrected chi connectivity index (χ4v) is 7.28. The number of aromatic nitrogens is 1. The average molecular weight is 717 g/mol. The number of phenolic OH excluding ortho intramolecular Hbond substituents is 1. The molecule has 1 aromatic heterocycles. The molecule has 0 aliphatic carbocycles. The number of likely N-dealkylation sites (N-methyl/N-ethyl adjacent to an activating group) is 1. The number of para-hydroxylation sites is 1. The van der Waals surface area contributed by atoms with Gasteiger partial charge < -0.3 is 19.3 Å². The van der Waals surface area contributed by atoms with Crippen molar-refractivity contribution in [1.29, 1.82) is 0 Å². The van der Waals surface area contributed by atoms with E-state index in [0.29, 0.717) is 5.75 Å². The number of rotatable bonds is 5. The molecule has 1 aliphatic rings. The minimum Gasteiger partial charge on any atom is -0.508 e. The van der Waals surface area contributed by atoms with E-state index in [1.54, 1.807) is 0 Å². The SMILES string of the molecule is CC(=O)Oc1ccc(O)cc1.CN1CCc2c(c3ccccc3n2Cc2ccccc2)C1.O=S(=O)(O)c1cccc2c(S(=O)(=O)O)cccc12. The van der Waals surface area contributed by atoms with Crippen LogP contribution < -0.4 is 4.74 Å². The van der Waals surface area contributed by atoms with E-state index in [4.69, 9.17) is 18.9 Å². The highest BCUT2D eigenvalue weighted by atomic mass is 32.2. The van der Waals surface area contributed by atoms with Gasteiger partial charge >= 0.3 is 5.97 Å². The van der Waals surface area contributed by atoms with Crippen LogP contribution in [0.2, 0.25) is 0 Å². The molecule has 5 aromatic carbocycles. The van der Waals surface area contributed by atoms with Gasteiger partial charge in [-0.2, -0.15) is 16.8 Å². The molecule has 0 unspecified atom stereocenters. The highest BCUT2D eigenvalue weighted by Gasteiger charge is 2.22. The Labute approximate surface area is 290 Å². The predicted molar refractivity (Wildman–Crippen MR) is 191 cm³/mol. The molecule has 11 nitrogen and oxygen atoms in total. The summed E-state index contributed by atoms with van der Waals surface area (Å²) in [4.78, 5) is 12.0. The Morgan fingerprint density at radius 1 is 0.720 bits per heavy atom. The first-order valence-corrected chi connectivity index (χ1v) is 18.4. The molecular formula is C37H36N2O9S2. The fraction of sp³-hybridized carbons (Fsp3) is 0.162. The first-order valence-electron chi connectivity index (χ1n) is 15.5. The molecule has 0 spiro atoms. The molecule has 0 bridgehead atoms. The Morgan fingerprint density at radius 3 is 1.82 bits per heavy atom. The number of carbonyl (C=O) groups excluding carboxylic acids is 1. The summed E-state index contributed by atoms with van der Waals surface area (Å²) in [5.74, 6) is 0.229. The van der Waals surface area contributed by atoms with Crippen LogP contribution >= 0.6 is 0 Å². The van der Waals surface area contributed by atoms with Gasteiger partial charge in [-0.05, 0) is 60.6 Å². The number of phenols is 1. The van der Waals surface area contributed by atoms with Crippen molar-refractivity contribution in [2.24, 2.45) is 0 Å². The molecule has 0 amide bonds. The van der Waals surface area contributed by atoms with Crippen molar-refractivity contribution in [2.75, 3.05) is 13.6 Å². The minimum absolute atomic E-state index is 0.0233. The van der Waals surface area contributed by atoms with Crippen molar-refractivity contribution < 1.29 is 40.6 Å². The van der Waals surface area contributed by atoms with Gasteiger partial charge in [-0.1, -0.05) is 72.8 Å². The molecule has 7 rings (SSSR count). The molecule has 0 saturated heterocycles. The highest BCUT2D eigenvalue weighted by Crippen LogP contribution is 2.31. The molecule has 0 saturated carbocycles. The summed E-state index contributed by atoms with van der Waals surface area (Å²) in [5, 5.41) is 10.3. The van der Waals surface area contributed by atoms with Gasteiger partial charge in [-0.3, -0.25) is 13.9 Å². The van der Waals surface area contributed by atoms with Crippen LogP contribution in [0.15, 0.2) is 125 Å². The molecule has 0 radical (unpaired) electrons. The number of benzene rings is 5. The molecule has 2 heterocycles. The molecule has 0 atom stereocenters. The van der Waals surface area contributed by atoms with Gasteiger partial charge in [0.25, 0.3) is 20.2 Å². The summed E-state index contributed by atoms with van der Waals surface area (Å²) in [6.45, 7) is 4.52. The average Bonchev–Trinajstić information content (AvgIpc) is 3.37. The molecule has 50 heavy (non-hydrogen) atoms. The number of hydrogen-bond acceptors (Lipinski definition) is 8. The molecule has 3 N–H and O–H groups in total. The fourth-order valence-electron chi connectivity index (χ4n) is 5.86. The lowest BCUT2D eigenvalue weighted by Crippen LogP contribution is -2.27. The third-order valence-electron chi connectivity index (χ3n) is 8.03. The van der Waals surface area contributed by atoms with Gasteiger partial charge in [0.2, 0.25) is 0 Å². The van der Waals surface area contributed by atoms with Crippen LogP contribution in [0, 0.1) is 0 Å². The number of fused-ring (bicyclic) bond motifs is 4. The number of ether oxygens (including phenoxy) is 1. The maximum Gasteiger partial charge on any atom is 0.308 e. The van der Waals surface area contributed by atoms with E-state index in [-0.39, 0.29) is 22.5 Å². The Balaban J connectivity index is 0.000000153. The van der Waals surface area contributed by atoms with E-state index in [9.17, 15) is 21.6 Å². The van der Waals surface area contributed by atoms with Crippen LogP contribution in [-0.2, 0) is 44.5 Å². The van der Waals surface area contributed by atoms with Crippen molar-refractivity contribution in [2.45, 2.75) is 36.2 Å². The molecule has 13 heteroatoms. The van der Waals surface area contributed by atoms with E-state index in [0.717, 1.165) is 38.2 Å². The van der Waals surface area contributed by atoms with Crippen molar-refractivity contribution >= 4 is 47.9 Å². The van der Waals surface area contributed by atoms with E-state index in [1.165, 1.54) is 83.2 Å². The minimum atomic E-state index is -4.47. The number of carbonyl (C=O) groups is 1. The smallest absolute Gasteiger partial charge is 0.308 e. The van der Waals surface area contributed by atoms with Gasteiger partial charge in [0.1, 0.15) is 21.3 Å². The Bertz CT molecular complexity index is 2290. The number of hydrogen-bond donors (Lipinski definition) is 3. The summed E-state index contributed by atoms with van der Waals surface area (Å²) in [5.41, 5.74) is 5.80. The monoisotopic (exact) mass is 716 g/mol. The standard InChI is InChI=1S/C19H20N2.C10H8O6S2.C8H8O3/c1-20-12-11-19-17(14-20)16-9-5-6-10-18(16)21(19)13-15-7-3-2-4-8-15;11-17(12,13)9-5-1-3-7-8(9)4-2-6-10(7)18(14,15)16;1-6(9)11-8-4-2-7(10)3-5-8/h2-10H,11-14H2,1H3;1-6H,(H,11,12,13)(H,14,15,16);2-5,10H,1H3. The van der Waals surface area contributed by atoms with Gasteiger partial charge in [-0.25, -0.2) is 0 Å². The lowest BCUT2D eigenvalue weighted by atomic mass is 10.1. The van der Waals surface area contributed by atoms with Crippen molar-refractivity contribution in [3.63, 3.8) is 0 Å². The number of nitrogens with zero attached hydrogens (tertiary/aromatic N) is 2. The zero-order valence-corrected chi connectivity index (χ0v) is 28.9. The van der Waals surface area contributed by atoms with E-state index >= 15 is 0 Å². The van der Waals surface area contributed by atoms with Crippen molar-refractivity contribution in [1.82, 2.24) is 9.47 Å². The molecular weight excluding hydrogens is 681 g/mol. The zero-order chi connectivity index (χ0) is 36.1. The number of aromatic hydroxyl groups is 1. The summed E-state index contributed by atoms with van der Waals surface area (Å²) < 4.78 is 69.9. The Kier molecular flexibility index (Phi) is 11.0. The summed E-state index contributed by atoms with van der Waals surface area (Å²) >= 11 is 0. The van der Waals surface area contributed by atoms with Crippen LogP contribution in [0.3, 0.4) is 0 Å². The first-order chi connectivity index (χ1) is 23.7. The normalized spacial score (nSPS) is 13.0.